The van der Waals surface area contributed by atoms with E-state index in [1.165, 1.54) is 24.3 Å². The van der Waals surface area contributed by atoms with Crippen molar-refractivity contribution in [1.29, 1.82) is 0 Å². The number of hydrogen-bond donors (Lipinski definition) is 1. The van der Waals surface area contributed by atoms with Crippen molar-refractivity contribution in [2.24, 2.45) is 0 Å². The second-order valence-corrected chi connectivity index (χ2v) is 11.3. The lowest BCUT2D eigenvalue weighted by Crippen LogP contribution is -2.22. The van der Waals surface area contributed by atoms with Crippen LogP contribution >= 0.6 is 34.5 Å². The minimum Gasteiger partial charge on any atom is -0.346 e. The third-order valence-corrected chi connectivity index (χ3v) is 7.53. The Bertz CT molecular complexity index is 1450. The first-order valence-electron chi connectivity index (χ1n) is 9.90. The fourth-order valence-electron chi connectivity index (χ4n) is 3.24. The molecule has 0 atom stereocenters. The van der Waals surface area contributed by atoms with Gasteiger partial charge in [-0.1, -0.05) is 47.5 Å². The molecule has 1 heterocycles. The fraction of sp³-hybridized carbons (Fsp3) is 0.0833. The average molecular weight is 535 g/mol. The second kappa shape index (κ2) is 9.84. The average Bonchev–Trinajstić information content (AvgIpc) is 3.22. The molecule has 34 heavy (non-hydrogen) atoms. The Morgan fingerprint density at radius 2 is 1.56 bits per heavy atom. The molecule has 0 radical (unpaired) electrons. The Morgan fingerprint density at radius 3 is 2.15 bits per heavy atom. The van der Waals surface area contributed by atoms with Gasteiger partial charge in [-0.3, -0.25) is 4.79 Å². The summed E-state index contributed by atoms with van der Waals surface area (Å²) in [5, 5.41) is 3.93. The van der Waals surface area contributed by atoms with Gasteiger partial charge < -0.3 is 5.32 Å². The third kappa shape index (κ3) is 5.64. The van der Waals surface area contributed by atoms with Crippen molar-refractivity contribution in [2.45, 2.75) is 11.4 Å². The quantitative estimate of drug-likeness (QED) is 0.317. The summed E-state index contributed by atoms with van der Waals surface area (Å²) in [7, 11) is -3.36. The molecule has 0 spiro atoms. The first-order valence-corrected chi connectivity index (χ1v) is 13.4. The first kappa shape index (κ1) is 24.3. The van der Waals surface area contributed by atoms with E-state index in [2.05, 4.69) is 10.3 Å². The van der Waals surface area contributed by atoms with Gasteiger partial charge >= 0.3 is 0 Å². The number of thiazole rings is 1. The maximum atomic E-state index is 13.5. The summed E-state index contributed by atoms with van der Waals surface area (Å²) in [5.41, 5.74) is 2.54. The Hall–Kier alpha value is -2.78. The van der Waals surface area contributed by atoms with Gasteiger partial charge in [0.25, 0.3) is 5.91 Å². The van der Waals surface area contributed by atoms with Crippen molar-refractivity contribution in [2.75, 3.05) is 6.26 Å². The van der Waals surface area contributed by atoms with Crippen LogP contribution in [-0.4, -0.2) is 25.6 Å². The predicted octanol–water partition coefficient (Wildman–Crippen LogP) is 6.26. The monoisotopic (exact) mass is 534 g/mol. The van der Waals surface area contributed by atoms with Crippen LogP contribution in [0.3, 0.4) is 0 Å². The third-order valence-electron chi connectivity index (χ3n) is 4.86. The molecule has 0 saturated carbocycles. The molecule has 4 rings (SSSR count). The topological polar surface area (TPSA) is 76.1 Å². The van der Waals surface area contributed by atoms with Crippen LogP contribution in [0.15, 0.2) is 71.6 Å². The Balaban J connectivity index is 1.68. The predicted molar refractivity (Wildman–Crippen MR) is 134 cm³/mol. The molecule has 0 unspecified atom stereocenters. The van der Waals surface area contributed by atoms with Crippen LogP contribution in [0.25, 0.3) is 21.7 Å². The second-order valence-electron chi connectivity index (χ2n) is 7.46. The first-order chi connectivity index (χ1) is 16.1. The maximum absolute atomic E-state index is 13.5. The minimum absolute atomic E-state index is 0.174. The van der Waals surface area contributed by atoms with Gasteiger partial charge in [0, 0.05) is 28.4 Å². The molecule has 4 aromatic rings. The number of nitrogens with one attached hydrogen (secondary N) is 1. The van der Waals surface area contributed by atoms with E-state index < -0.39 is 15.7 Å². The lowest BCUT2D eigenvalue weighted by molar-refractivity contribution is 0.0950. The van der Waals surface area contributed by atoms with Gasteiger partial charge in [-0.2, -0.15) is 0 Å². The van der Waals surface area contributed by atoms with Gasteiger partial charge in [-0.05, 0) is 53.6 Å². The van der Waals surface area contributed by atoms with E-state index in [0.717, 1.165) is 23.2 Å². The zero-order valence-electron chi connectivity index (χ0n) is 17.7. The molecule has 0 fully saturated rings. The van der Waals surface area contributed by atoms with Crippen LogP contribution in [0.1, 0.15) is 15.4 Å². The van der Waals surface area contributed by atoms with Crippen molar-refractivity contribution < 1.29 is 17.6 Å². The number of carbonyl (C=O) groups is 1. The molecular formula is C24H17Cl2FN2O3S2. The van der Waals surface area contributed by atoms with Gasteiger partial charge in [0.15, 0.2) is 14.8 Å². The van der Waals surface area contributed by atoms with E-state index in [9.17, 15) is 17.6 Å². The van der Waals surface area contributed by atoms with Gasteiger partial charge in [-0.25, -0.2) is 17.8 Å². The zero-order chi connectivity index (χ0) is 24.5. The Labute approximate surface area is 210 Å². The van der Waals surface area contributed by atoms with E-state index in [0.29, 0.717) is 31.7 Å². The fourth-order valence-corrected chi connectivity index (χ4v) is 5.45. The number of carbonyl (C=O) groups excluding carboxylic acids is 1. The molecule has 0 aliphatic rings. The zero-order valence-corrected chi connectivity index (χ0v) is 20.8. The lowest BCUT2D eigenvalue weighted by Gasteiger charge is -2.05. The SMILES string of the molecule is CS(=O)(=O)c1ccc(-c2nc(C(=O)NCc3cc(Cl)cc(Cl)c3)sc2-c2ccc(F)cc2)cc1. The largest absolute Gasteiger partial charge is 0.346 e. The van der Waals surface area contributed by atoms with Crippen molar-refractivity contribution in [3.05, 3.63) is 93.2 Å². The summed E-state index contributed by atoms with van der Waals surface area (Å²) in [6, 6.07) is 17.1. The van der Waals surface area contributed by atoms with Crippen molar-refractivity contribution in [1.82, 2.24) is 10.3 Å². The molecule has 0 saturated heterocycles. The van der Waals surface area contributed by atoms with Gasteiger partial charge in [0.2, 0.25) is 0 Å². The van der Waals surface area contributed by atoms with Gasteiger partial charge in [-0.15, -0.1) is 11.3 Å². The summed E-state index contributed by atoms with van der Waals surface area (Å²) in [4.78, 5) is 18.2. The van der Waals surface area contributed by atoms with E-state index in [-0.39, 0.29) is 22.3 Å². The number of halogens is 3. The minimum atomic E-state index is -3.36. The number of sulfone groups is 1. The molecular weight excluding hydrogens is 518 g/mol. The highest BCUT2D eigenvalue weighted by atomic mass is 35.5. The Morgan fingerprint density at radius 1 is 0.971 bits per heavy atom. The molecule has 5 nitrogen and oxygen atoms in total. The van der Waals surface area contributed by atoms with Crippen molar-refractivity contribution in [3.8, 4) is 21.7 Å². The van der Waals surface area contributed by atoms with Crippen LogP contribution in [0.2, 0.25) is 10.0 Å². The molecule has 3 aromatic carbocycles. The van der Waals surface area contributed by atoms with Gasteiger partial charge in [0.05, 0.1) is 15.5 Å². The van der Waals surface area contributed by atoms with Crippen molar-refractivity contribution >= 4 is 50.3 Å². The molecule has 1 N–H and O–H groups in total. The highest BCUT2D eigenvalue weighted by Gasteiger charge is 2.20. The number of aromatic nitrogens is 1. The molecule has 0 bridgehead atoms. The lowest BCUT2D eigenvalue weighted by atomic mass is 10.1. The van der Waals surface area contributed by atoms with E-state index in [1.54, 1.807) is 42.5 Å². The number of hydrogen-bond acceptors (Lipinski definition) is 5. The number of amides is 1. The van der Waals surface area contributed by atoms with E-state index in [4.69, 9.17) is 23.2 Å². The normalized spacial score (nSPS) is 11.4. The van der Waals surface area contributed by atoms with Crippen LogP contribution in [-0.2, 0) is 16.4 Å². The van der Waals surface area contributed by atoms with Crippen molar-refractivity contribution in [3.63, 3.8) is 0 Å². The molecule has 174 valence electrons. The number of benzene rings is 3. The van der Waals surface area contributed by atoms with Crippen LogP contribution in [0.5, 0.6) is 0 Å². The summed E-state index contributed by atoms with van der Waals surface area (Å²) in [6.45, 7) is 0.197. The summed E-state index contributed by atoms with van der Waals surface area (Å²) in [5.74, 6) is -0.783. The highest BCUT2D eigenvalue weighted by Crippen LogP contribution is 2.37. The van der Waals surface area contributed by atoms with Gasteiger partial charge in [0.1, 0.15) is 5.82 Å². The smallest absolute Gasteiger partial charge is 0.280 e. The van der Waals surface area contributed by atoms with Crippen LogP contribution < -0.4 is 5.32 Å². The van der Waals surface area contributed by atoms with E-state index in [1.807, 2.05) is 0 Å². The molecule has 10 heteroatoms. The van der Waals surface area contributed by atoms with E-state index >= 15 is 0 Å². The summed E-state index contributed by atoms with van der Waals surface area (Å²) in [6.07, 6.45) is 1.13. The number of nitrogens with zero attached hydrogens (tertiary/aromatic N) is 1. The maximum Gasteiger partial charge on any atom is 0.280 e. The molecule has 1 aromatic heterocycles. The van der Waals surface area contributed by atoms with Crippen LogP contribution in [0, 0.1) is 5.82 Å². The Kier molecular flexibility index (Phi) is 7.04. The number of rotatable bonds is 6. The summed E-state index contributed by atoms with van der Waals surface area (Å²) >= 11 is 13.2. The summed E-state index contributed by atoms with van der Waals surface area (Å²) < 4.78 is 37.1. The molecule has 1 amide bonds. The standard InChI is InChI=1S/C24H17Cl2FN2O3S2/c1-34(31,32)20-8-4-15(5-9-20)21-22(16-2-6-19(27)7-3-16)33-24(29-21)23(30)28-13-14-10-17(25)12-18(26)11-14/h2-12H,13H2,1H3,(H,28,30). The highest BCUT2D eigenvalue weighted by molar-refractivity contribution is 7.90. The molecule has 0 aliphatic carbocycles. The van der Waals surface area contributed by atoms with Crippen LogP contribution in [0.4, 0.5) is 4.39 Å². The molecule has 0 aliphatic heterocycles.